The van der Waals surface area contributed by atoms with Gasteiger partial charge in [-0.3, -0.25) is 4.79 Å². The Morgan fingerprint density at radius 1 is 1.43 bits per heavy atom. The predicted octanol–water partition coefficient (Wildman–Crippen LogP) is 1.01. The van der Waals surface area contributed by atoms with Crippen LogP contribution >= 0.6 is 0 Å². The minimum atomic E-state index is -4.25. The van der Waals surface area contributed by atoms with Gasteiger partial charge in [-0.15, -0.1) is 0 Å². The first-order valence-electron chi connectivity index (χ1n) is 4.32. The van der Waals surface area contributed by atoms with E-state index in [1.165, 1.54) is 11.9 Å². The fourth-order valence-corrected chi connectivity index (χ4v) is 0.844. The number of rotatable bonds is 5. The smallest absolute Gasteiger partial charge is 0.344 e. The molecule has 0 saturated heterocycles. The summed E-state index contributed by atoms with van der Waals surface area (Å²) in [6.07, 6.45) is -5.76. The maximum Gasteiger partial charge on any atom is 0.389 e. The van der Waals surface area contributed by atoms with Crippen molar-refractivity contribution in [3.63, 3.8) is 0 Å². The maximum absolute atomic E-state index is 11.7. The van der Waals surface area contributed by atoms with Crippen LogP contribution in [0.25, 0.3) is 0 Å². The summed E-state index contributed by atoms with van der Waals surface area (Å²) in [6.45, 7) is 1.00. The number of carbonyl (C=O) groups excluding carboxylic acids is 1. The number of nitrogens with zero attached hydrogens (tertiary/aromatic N) is 1. The molecule has 0 aliphatic heterocycles. The van der Waals surface area contributed by atoms with Crippen molar-refractivity contribution in [1.29, 1.82) is 0 Å². The van der Waals surface area contributed by atoms with E-state index in [-0.39, 0.29) is 0 Å². The predicted molar refractivity (Wildman–Crippen MR) is 46.9 cm³/mol. The normalized spacial score (nSPS) is 11.5. The van der Waals surface area contributed by atoms with Gasteiger partial charge >= 0.3 is 6.18 Å². The summed E-state index contributed by atoms with van der Waals surface area (Å²) in [7, 11) is 3.21. The van der Waals surface area contributed by atoms with Gasteiger partial charge in [0.1, 0.15) is 0 Å². The van der Waals surface area contributed by atoms with Crippen molar-refractivity contribution in [3.05, 3.63) is 0 Å². The number of carbonyl (C=O) groups is 1. The van der Waals surface area contributed by atoms with Gasteiger partial charge in [0.25, 0.3) is 0 Å². The quantitative estimate of drug-likeness (QED) is 0.737. The van der Waals surface area contributed by atoms with Crippen LogP contribution in [-0.4, -0.2) is 44.2 Å². The molecule has 0 atom stereocenters. The molecule has 0 spiro atoms. The molecular weight excluding hydrogens is 197 g/mol. The molecule has 1 amide bonds. The van der Waals surface area contributed by atoms with Gasteiger partial charge in [-0.25, -0.2) is 0 Å². The summed E-state index contributed by atoms with van der Waals surface area (Å²) < 4.78 is 35.2. The summed E-state index contributed by atoms with van der Waals surface area (Å²) in [6, 6.07) is 0. The zero-order valence-electron chi connectivity index (χ0n) is 8.32. The van der Waals surface area contributed by atoms with Gasteiger partial charge < -0.3 is 10.2 Å². The number of hydrogen-bond donors (Lipinski definition) is 1. The second-order valence-electron chi connectivity index (χ2n) is 3.03. The van der Waals surface area contributed by atoms with Gasteiger partial charge in [-0.05, 0) is 7.05 Å². The van der Waals surface area contributed by atoms with Crippen LogP contribution in [0.2, 0.25) is 0 Å². The number of amides is 1. The van der Waals surface area contributed by atoms with Crippen LogP contribution in [0.3, 0.4) is 0 Å². The summed E-state index contributed by atoms with van der Waals surface area (Å²) in [5, 5.41) is 2.81. The van der Waals surface area contributed by atoms with Crippen molar-refractivity contribution in [2.45, 2.75) is 19.0 Å². The van der Waals surface area contributed by atoms with Gasteiger partial charge in [0.05, 0.1) is 6.42 Å². The van der Waals surface area contributed by atoms with E-state index >= 15 is 0 Å². The van der Waals surface area contributed by atoms with Crippen LogP contribution in [-0.2, 0) is 4.79 Å². The SMILES string of the molecule is CNCCN(C)C(=O)CCC(F)(F)F. The second kappa shape index (κ2) is 5.85. The van der Waals surface area contributed by atoms with Gasteiger partial charge in [-0.1, -0.05) is 0 Å². The molecule has 1 N–H and O–H groups in total. The van der Waals surface area contributed by atoms with Crippen molar-refractivity contribution < 1.29 is 18.0 Å². The van der Waals surface area contributed by atoms with Crippen LogP contribution < -0.4 is 5.32 Å². The lowest BCUT2D eigenvalue weighted by molar-refractivity contribution is -0.148. The number of alkyl halides is 3. The minimum absolute atomic E-state index is 0.424. The highest BCUT2D eigenvalue weighted by atomic mass is 19.4. The average Bonchev–Trinajstić information content (AvgIpc) is 2.09. The topological polar surface area (TPSA) is 32.3 Å². The second-order valence-corrected chi connectivity index (χ2v) is 3.03. The average molecular weight is 212 g/mol. The summed E-state index contributed by atoms with van der Waals surface area (Å²) in [5.41, 5.74) is 0. The Hall–Kier alpha value is -0.780. The highest BCUT2D eigenvalue weighted by Gasteiger charge is 2.28. The first kappa shape index (κ1) is 13.2. The van der Waals surface area contributed by atoms with E-state index < -0.39 is 24.9 Å². The van der Waals surface area contributed by atoms with E-state index in [0.717, 1.165) is 0 Å². The van der Waals surface area contributed by atoms with E-state index in [2.05, 4.69) is 5.32 Å². The molecule has 0 saturated carbocycles. The highest BCUT2D eigenvalue weighted by Crippen LogP contribution is 2.21. The third kappa shape index (κ3) is 6.71. The zero-order valence-corrected chi connectivity index (χ0v) is 8.32. The van der Waals surface area contributed by atoms with Crippen molar-refractivity contribution >= 4 is 5.91 Å². The van der Waals surface area contributed by atoms with Crippen molar-refractivity contribution in [2.24, 2.45) is 0 Å². The van der Waals surface area contributed by atoms with E-state index in [1.807, 2.05) is 0 Å². The van der Waals surface area contributed by atoms with E-state index in [4.69, 9.17) is 0 Å². The van der Waals surface area contributed by atoms with E-state index in [0.29, 0.717) is 13.1 Å². The van der Waals surface area contributed by atoms with E-state index in [9.17, 15) is 18.0 Å². The Morgan fingerprint density at radius 3 is 2.43 bits per heavy atom. The molecule has 0 fully saturated rings. The monoisotopic (exact) mass is 212 g/mol. The molecule has 84 valence electrons. The number of halogens is 3. The minimum Gasteiger partial charge on any atom is -0.344 e. The molecule has 0 aliphatic carbocycles. The largest absolute Gasteiger partial charge is 0.389 e. The maximum atomic E-state index is 11.7. The fraction of sp³-hybridized carbons (Fsp3) is 0.875. The van der Waals surface area contributed by atoms with Gasteiger partial charge in [0, 0.05) is 26.6 Å². The van der Waals surface area contributed by atoms with Gasteiger partial charge in [0.2, 0.25) is 5.91 Å². The molecule has 0 unspecified atom stereocenters. The standard InChI is InChI=1S/C8H15F3N2O/c1-12-5-6-13(2)7(14)3-4-8(9,10)11/h12H,3-6H2,1-2H3. The number of likely N-dealkylation sites (N-methyl/N-ethyl adjacent to an activating group) is 2. The van der Waals surface area contributed by atoms with Crippen molar-refractivity contribution in [2.75, 3.05) is 27.2 Å². The molecule has 0 aromatic heterocycles. The van der Waals surface area contributed by atoms with Gasteiger partial charge in [0.15, 0.2) is 0 Å². The Bertz CT molecular complexity index is 182. The molecular formula is C8H15F3N2O. The lowest BCUT2D eigenvalue weighted by atomic mass is 10.3. The highest BCUT2D eigenvalue weighted by molar-refractivity contribution is 5.75. The molecule has 6 heteroatoms. The van der Waals surface area contributed by atoms with Gasteiger partial charge in [-0.2, -0.15) is 13.2 Å². The third-order valence-corrected chi connectivity index (χ3v) is 1.75. The van der Waals surface area contributed by atoms with Crippen LogP contribution in [0, 0.1) is 0 Å². The van der Waals surface area contributed by atoms with Crippen LogP contribution in [0.4, 0.5) is 13.2 Å². The Kier molecular flexibility index (Phi) is 5.52. The van der Waals surface area contributed by atoms with E-state index in [1.54, 1.807) is 7.05 Å². The Morgan fingerprint density at radius 2 is 2.00 bits per heavy atom. The number of hydrogen-bond acceptors (Lipinski definition) is 2. The Labute approximate surface area is 81.3 Å². The molecule has 0 bridgehead atoms. The first-order valence-corrected chi connectivity index (χ1v) is 4.32. The zero-order chi connectivity index (χ0) is 11.2. The Balaban J connectivity index is 3.73. The first-order chi connectivity index (χ1) is 6.37. The number of nitrogens with one attached hydrogen (secondary N) is 1. The summed E-state index contributed by atoms with van der Waals surface area (Å²) >= 11 is 0. The van der Waals surface area contributed by atoms with Crippen molar-refractivity contribution in [1.82, 2.24) is 10.2 Å². The molecule has 0 aromatic carbocycles. The van der Waals surface area contributed by atoms with Crippen LogP contribution in [0.5, 0.6) is 0 Å². The molecule has 3 nitrogen and oxygen atoms in total. The molecule has 0 heterocycles. The van der Waals surface area contributed by atoms with Crippen LogP contribution in [0.1, 0.15) is 12.8 Å². The lowest BCUT2D eigenvalue weighted by Gasteiger charge is -2.17. The molecule has 0 aliphatic rings. The third-order valence-electron chi connectivity index (χ3n) is 1.75. The van der Waals surface area contributed by atoms with Crippen molar-refractivity contribution in [3.8, 4) is 0 Å². The van der Waals surface area contributed by atoms with Crippen LogP contribution in [0.15, 0.2) is 0 Å². The fourth-order valence-electron chi connectivity index (χ4n) is 0.844. The molecule has 0 rings (SSSR count). The molecule has 0 radical (unpaired) electrons. The molecule has 0 aromatic rings. The summed E-state index contributed by atoms with van der Waals surface area (Å²) in [4.78, 5) is 12.4. The summed E-state index contributed by atoms with van der Waals surface area (Å²) in [5.74, 6) is -0.474. The lowest BCUT2D eigenvalue weighted by Crippen LogP contribution is -2.33. The molecule has 14 heavy (non-hydrogen) atoms.